The topological polar surface area (TPSA) is 37.8 Å². The van der Waals surface area contributed by atoms with E-state index in [1.54, 1.807) is 0 Å². The number of nitrogens with zero attached hydrogens (tertiary/aromatic N) is 2. The van der Waals surface area contributed by atoms with Crippen LogP contribution in [0.2, 0.25) is 0 Å². The zero-order valence-corrected chi connectivity index (χ0v) is 13.5. The van der Waals surface area contributed by atoms with E-state index in [-0.39, 0.29) is 5.54 Å². The van der Waals surface area contributed by atoms with Crippen LogP contribution in [-0.2, 0) is 6.42 Å². The Morgan fingerprint density at radius 2 is 2.05 bits per heavy atom. The minimum absolute atomic E-state index is 0.214. The Balaban J connectivity index is 1.78. The maximum Gasteiger partial charge on any atom is 0.120 e. The van der Waals surface area contributed by atoms with Gasteiger partial charge in [0.25, 0.3) is 0 Å². The highest BCUT2D eigenvalue weighted by molar-refractivity contribution is 7.11. The fourth-order valence-electron chi connectivity index (χ4n) is 2.73. The molecule has 1 aliphatic rings. The summed E-state index contributed by atoms with van der Waals surface area (Å²) in [4.78, 5) is 0. The largest absolute Gasteiger partial charge is 0.312 e. The van der Waals surface area contributed by atoms with Gasteiger partial charge in [-0.15, -0.1) is 21.5 Å². The highest BCUT2D eigenvalue weighted by Crippen LogP contribution is 2.40. The molecule has 0 radical (unpaired) electrons. The fraction of sp³-hybridized carbons (Fsp3) is 0.867. The van der Waals surface area contributed by atoms with Crippen molar-refractivity contribution in [3.8, 4) is 0 Å². The Morgan fingerprint density at radius 1 is 1.26 bits per heavy atom. The molecule has 1 saturated carbocycles. The van der Waals surface area contributed by atoms with E-state index in [1.165, 1.54) is 29.3 Å². The first-order chi connectivity index (χ1) is 8.96. The lowest BCUT2D eigenvalue weighted by molar-refractivity contribution is 0.422. The standard InChI is InChI=1S/C15H27N3S/c1-11-7-5-8-12(11)14-18-17-13(19-14)9-6-10-16-15(2,3)4/h11-12,16H,5-10H2,1-4H3. The highest BCUT2D eigenvalue weighted by atomic mass is 32.1. The molecule has 0 saturated heterocycles. The van der Waals surface area contributed by atoms with Crippen LogP contribution in [0.15, 0.2) is 0 Å². The second kappa shape index (κ2) is 6.31. The van der Waals surface area contributed by atoms with E-state index in [0.29, 0.717) is 5.92 Å². The molecule has 3 nitrogen and oxygen atoms in total. The molecule has 1 aliphatic carbocycles. The summed E-state index contributed by atoms with van der Waals surface area (Å²) in [6.07, 6.45) is 6.22. The van der Waals surface area contributed by atoms with E-state index in [2.05, 4.69) is 43.2 Å². The summed E-state index contributed by atoms with van der Waals surface area (Å²) in [6, 6.07) is 0. The molecule has 1 N–H and O–H groups in total. The molecule has 1 fully saturated rings. The number of aromatic nitrogens is 2. The zero-order chi connectivity index (χ0) is 13.9. The molecule has 108 valence electrons. The highest BCUT2D eigenvalue weighted by Gasteiger charge is 2.27. The van der Waals surface area contributed by atoms with Crippen molar-refractivity contribution >= 4 is 11.3 Å². The summed E-state index contributed by atoms with van der Waals surface area (Å²) < 4.78 is 0. The van der Waals surface area contributed by atoms with Crippen molar-refractivity contribution in [3.63, 3.8) is 0 Å². The Labute approximate surface area is 121 Å². The van der Waals surface area contributed by atoms with Gasteiger partial charge >= 0.3 is 0 Å². The van der Waals surface area contributed by atoms with Crippen LogP contribution in [0.25, 0.3) is 0 Å². The summed E-state index contributed by atoms with van der Waals surface area (Å²) in [5.74, 6) is 1.47. The quantitative estimate of drug-likeness (QED) is 0.835. The first-order valence-electron chi connectivity index (χ1n) is 7.53. The van der Waals surface area contributed by atoms with Crippen LogP contribution in [0, 0.1) is 5.92 Å². The molecule has 2 rings (SSSR count). The third-order valence-corrected chi connectivity index (χ3v) is 5.00. The lowest BCUT2D eigenvalue weighted by Gasteiger charge is -2.20. The van der Waals surface area contributed by atoms with E-state index < -0.39 is 0 Å². The van der Waals surface area contributed by atoms with Crippen LogP contribution in [0.1, 0.15) is 69.3 Å². The number of hydrogen-bond acceptors (Lipinski definition) is 4. The van der Waals surface area contributed by atoms with Crippen molar-refractivity contribution in [2.75, 3.05) is 6.54 Å². The van der Waals surface area contributed by atoms with Crippen LogP contribution < -0.4 is 5.32 Å². The molecule has 2 unspecified atom stereocenters. The lowest BCUT2D eigenvalue weighted by atomic mass is 9.99. The minimum atomic E-state index is 0.214. The van der Waals surface area contributed by atoms with Gasteiger partial charge in [-0.3, -0.25) is 0 Å². The first kappa shape index (κ1) is 14.9. The predicted molar refractivity (Wildman–Crippen MR) is 81.7 cm³/mol. The second-order valence-electron chi connectivity index (χ2n) is 6.83. The number of aryl methyl sites for hydroxylation is 1. The summed E-state index contributed by atoms with van der Waals surface area (Å²) in [5, 5.41) is 14.8. The van der Waals surface area contributed by atoms with Gasteiger partial charge in [-0.25, -0.2) is 0 Å². The summed E-state index contributed by atoms with van der Waals surface area (Å²) >= 11 is 1.84. The van der Waals surface area contributed by atoms with Crippen molar-refractivity contribution in [1.29, 1.82) is 0 Å². The predicted octanol–water partition coefficient (Wildman–Crippen LogP) is 3.76. The van der Waals surface area contributed by atoms with E-state index in [4.69, 9.17) is 0 Å². The number of nitrogens with one attached hydrogen (secondary N) is 1. The molecule has 19 heavy (non-hydrogen) atoms. The van der Waals surface area contributed by atoms with Crippen molar-refractivity contribution in [2.45, 2.75) is 71.3 Å². The van der Waals surface area contributed by atoms with Gasteiger partial charge in [0, 0.05) is 17.9 Å². The molecule has 1 aromatic heterocycles. The van der Waals surface area contributed by atoms with E-state index in [1.807, 2.05) is 11.3 Å². The molecule has 0 bridgehead atoms. The summed E-state index contributed by atoms with van der Waals surface area (Å²) in [5.41, 5.74) is 0.214. The SMILES string of the molecule is CC1CCCC1c1nnc(CCCNC(C)(C)C)s1. The maximum atomic E-state index is 4.42. The average Bonchev–Trinajstić information content (AvgIpc) is 2.91. The smallest absolute Gasteiger partial charge is 0.120 e. The van der Waals surface area contributed by atoms with Crippen molar-refractivity contribution in [2.24, 2.45) is 5.92 Å². The van der Waals surface area contributed by atoms with E-state index in [0.717, 1.165) is 25.3 Å². The van der Waals surface area contributed by atoms with Gasteiger partial charge < -0.3 is 5.32 Å². The molecule has 4 heteroatoms. The first-order valence-corrected chi connectivity index (χ1v) is 8.34. The molecule has 0 amide bonds. The van der Waals surface area contributed by atoms with Crippen molar-refractivity contribution < 1.29 is 0 Å². The van der Waals surface area contributed by atoms with Crippen molar-refractivity contribution in [3.05, 3.63) is 10.0 Å². The molecule has 0 spiro atoms. The Kier molecular flexibility index (Phi) is 4.96. The summed E-state index contributed by atoms with van der Waals surface area (Å²) in [7, 11) is 0. The average molecular weight is 281 g/mol. The molecular weight excluding hydrogens is 254 g/mol. The van der Waals surface area contributed by atoms with Crippen molar-refractivity contribution in [1.82, 2.24) is 15.5 Å². The van der Waals surface area contributed by atoms with Gasteiger partial charge in [-0.05, 0) is 46.1 Å². The number of hydrogen-bond donors (Lipinski definition) is 1. The maximum absolute atomic E-state index is 4.42. The molecular formula is C15H27N3S. The lowest BCUT2D eigenvalue weighted by Crippen LogP contribution is -2.36. The monoisotopic (exact) mass is 281 g/mol. The van der Waals surface area contributed by atoms with Crippen LogP contribution >= 0.6 is 11.3 Å². The molecule has 1 heterocycles. The van der Waals surface area contributed by atoms with E-state index in [9.17, 15) is 0 Å². The van der Waals surface area contributed by atoms with Gasteiger partial charge in [0.1, 0.15) is 10.0 Å². The fourth-order valence-corrected chi connectivity index (χ4v) is 3.89. The molecule has 0 aromatic carbocycles. The van der Waals surface area contributed by atoms with Crippen LogP contribution in [0.5, 0.6) is 0 Å². The van der Waals surface area contributed by atoms with Gasteiger partial charge in [-0.2, -0.15) is 0 Å². The summed E-state index contributed by atoms with van der Waals surface area (Å²) in [6.45, 7) is 10.0. The van der Waals surface area contributed by atoms with Gasteiger partial charge in [0.2, 0.25) is 0 Å². The minimum Gasteiger partial charge on any atom is -0.312 e. The Hall–Kier alpha value is -0.480. The third-order valence-electron chi connectivity index (χ3n) is 3.88. The number of rotatable bonds is 5. The zero-order valence-electron chi connectivity index (χ0n) is 12.7. The second-order valence-corrected chi connectivity index (χ2v) is 7.92. The van der Waals surface area contributed by atoms with Crippen LogP contribution in [0.3, 0.4) is 0 Å². The normalized spacial score (nSPS) is 24.0. The molecule has 2 atom stereocenters. The van der Waals surface area contributed by atoms with Crippen LogP contribution in [0.4, 0.5) is 0 Å². The Morgan fingerprint density at radius 3 is 2.68 bits per heavy atom. The molecule has 1 aromatic rings. The van der Waals surface area contributed by atoms with Crippen LogP contribution in [-0.4, -0.2) is 22.3 Å². The third kappa shape index (κ3) is 4.53. The molecule has 0 aliphatic heterocycles. The van der Waals surface area contributed by atoms with Gasteiger partial charge in [0.15, 0.2) is 0 Å². The van der Waals surface area contributed by atoms with E-state index >= 15 is 0 Å². The Bertz CT molecular complexity index is 394. The van der Waals surface area contributed by atoms with Gasteiger partial charge in [0.05, 0.1) is 0 Å². The van der Waals surface area contributed by atoms with Gasteiger partial charge in [-0.1, -0.05) is 19.8 Å².